The highest BCUT2D eigenvalue weighted by Gasteiger charge is 2.21. The van der Waals surface area contributed by atoms with Gasteiger partial charge in [0.05, 0.1) is 23.7 Å². The number of nitrogens with zero attached hydrogens (tertiary/aromatic N) is 10. The number of aryl methyl sites for hydroxylation is 2. The number of pyridine rings is 2. The molecule has 0 aliphatic rings. The third-order valence-corrected chi connectivity index (χ3v) is 9.58. The van der Waals surface area contributed by atoms with E-state index in [-0.39, 0.29) is 11.8 Å². The van der Waals surface area contributed by atoms with E-state index in [4.69, 9.17) is 28.7 Å². The van der Waals surface area contributed by atoms with Gasteiger partial charge in [-0.15, -0.1) is 20.4 Å². The number of esters is 1. The lowest BCUT2D eigenvalue weighted by Gasteiger charge is -2.07. The summed E-state index contributed by atoms with van der Waals surface area (Å²) in [7, 11) is -1.54. The van der Waals surface area contributed by atoms with Gasteiger partial charge in [0.15, 0.2) is 0 Å². The van der Waals surface area contributed by atoms with Gasteiger partial charge in [-0.05, 0) is 74.8 Å². The lowest BCUT2D eigenvalue weighted by Crippen LogP contribution is -2.31. The Kier molecular flexibility index (Phi) is 16.4. The molecule has 0 atom stereocenters. The number of oxazole rings is 2. The van der Waals surface area contributed by atoms with Gasteiger partial charge in [-0.1, -0.05) is 74.5 Å². The predicted molar refractivity (Wildman–Crippen MR) is 234 cm³/mol. The number of halogens is 1. The summed E-state index contributed by atoms with van der Waals surface area (Å²) in [4.78, 5) is 40.1. The van der Waals surface area contributed by atoms with E-state index >= 15 is 0 Å². The summed E-state index contributed by atoms with van der Waals surface area (Å²) in [6.07, 6.45) is 7.70. The summed E-state index contributed by atoms with van der Waals surface area (Å²) in [5.41, 5.74) is 6.72. The van der Waals surface area contributed by atoms with Gasteiger partial charge in [-0.3, -0.25) is 4.98 Å². The van der Waals surface area contributed by atoms with Gasteiger partial charge in [0.2, 0.25) is 11.6 Å². The van der Waals surface area contributed by atoms with Crippen LogP contribution in [-0.2, 0) is 30.4 Å². The maximum Gasteiger partial charge on any atom is 0.489 e. The summed E-state index contributed by atoms with van der Waals surface area (Å²) in [6, 6.07) is 22.1. The van der Waals surface area contributed by atoms with Gasteiger partial charge in [-0.25, -0.2) is 24.5 Å². The van der Waals surface area contributed by atoms with E-state index in [2.05, 4.69) is 84.0 Å². The molecule has 0 aliphatic heterocycles. The largest absolute Gasteiger partial charge is 0.489 e. The van der Waals surface area contributed by atoms with Crippen LogP contribution in [0.1, 0.15) is 89.0 Å². The molecule has 20 nitrogen and oxygen atoms in total. The van der Waals surface area contributed by atoms with Crippen LogP contribution in [0.5, 0.6) is 0 Å². The number of aromatic amines is 2. The number of carboxylic acid groups (broad SMARTS) is 1. The number of carbonyl (C=O) groups is 2. The van der Waals surface area contributed by atoms with Crippen LogP contribution in [0.2, 0.25) is 0 Å². The lowest BCUT2D eigenvalue weighted by atomic mass is 9.77. The van der Waals surface area contributed by atoms with Crippen molar-refractivity contribution in [2.45, 2.75) is 59.3 Å². The Morgan fingerprint density at radius 1 is 0.703 bits per heavy atom. The highest BCUT2D eigenvalue weighted by Crippen LogP contribution is 2.29. The molecule has 0 saturated carbocycles. The number of carbonyl (C=O) groups excluding carboxylic acids is 1. The fourth-order valence-electron chi connectivity index (χ4n) is 6.22. The highest BCUT2D eigenvalue weighted by molar-refractivity contribution is 9.10. The summed E-state index contributed by atoms with van der Waals surface area (Å²) < 4.78 is 16.6. The average Bonchev–Trinajstić information content (AvgIpc) is 4.16. The minimum atomic E-state index is -1.54. The Morgan fingerprint density at radius 2 is 1.25 bits per heavy atom. The summed E-state index contributed by atoms with van der Waals surface area (Å²) in [6.45, 7) is 6.11. The van der Waals surface area contributed by atoms with Crippen molar-refractivity contribution in [1.82, 2.24) is 61.2 Å². The zero-order valence-electron chi connectivity index (χ0n) is 34.8. The van der Waals surface area contributed by atoms with E-state index in [0.29, 0.717) is 60.0 Å². The third-order valence-electron chi connectivity index (χ3n) is 9.11. The van der Waals surface area contributed by atoms with E-state index < -0.39 is 19.1 Å². The zero-order valence-corrected chi connectivity index (χ0v) is 36.4. The monoisotopic (exact) mass is 932 g/mol. The molecular formula is C42H42BBrN12O8. The van der Waals surface area contributed by atoms with E-state index in [1.165, 1.54) is 0 Å². The van der Waals surface area contributed by atoms with Gasteiger partial charge >= 0.3 is 30.8 Å². The predicted octanol–water partition coefficient (Wildman–Crippen LogP) is 5.26. The number of aromatic carboxylic acids is 1. The molecule has 0 fully saturated rings. The Labute approximate surface area is 374 Å². The first-order chi connectivity index (χ1) is 31.1. The number of aromatic nitrogens is 12. The Hall–Kier alpha value is -7.30. The van der Waals surface area contributed by atoms with Crippen LogP contribution in [0.15, 0.2) is 98.6 Å². The molecule has 22 heteroatoms. The molecule has 328 valence electrons. The molecule has 0 bridgehead atoms. The topological polar surface area (TPSA) is 291 Å². The van der Waals surface area contributed by atoms with Gasteiger partial charge in [0, 0.05) is 54.8 Å². The van der Waals surface area contributed by atoms with Crippen molar-refractivity contribution in [3.63, 3.8) is 0 Å². The van der Waals surface area contributed by atoms with Crippen molar-refractivity contribution in [3.05, 3.63) is 136 Å². The number of tetrazole rings is 2. The van der Waals surface area contributed by atoms with Crippen LogP contribution in [-0.4, -0.2) is 102 Å². The van der Waals surface area contributed by atoms with Crippen molar-refractivity contribution in [3.8, 4) is 34.0 Å². The van der Waals surface area contributed by atoms with Gasteiger partial charge < -0.3 is 28.7 Å². The molecule has 0 spiro atoms. The van der Waals surface area contributed by atoms with E-state index in [1.54, 1.807) is 43.6 Å². The molecule has 0 amide bonds. The minimum absolute atomic E-state index is 0.0281. The van der Waals surface area contributed by atoms with Crippen LogP contribution >= 0.6 is 15.9 Å². The molecule has 64 heavy (non-hydrogen) atoms. The Morgan fingerprint density at radius 3 is 1.77 bits per heavy atom. The minimum Gasteiger partial charge on any atom is -0.474 e. The quantitative estimate of drug-likeness (QED) is 0.0498. The molecule has 5 N–H and O–H groups in total. The van der Waals surface area contributed by atoms with Crippen molar-refractivity contribution < 1.29 is 38.3 Å². The molecule has 6 heterocycles. The molecule has 8 rings (SSSR count). The van der Waals surface area contributed by atoms with Crippen LogP contribution in [0, 0.1) is 0 Å². The second kappa shape index (κ2) is 22.7. The smallest absolute Gasteiger partial charge is 0.474 e. The first-order valence-corrected chi connectivity index (χ1v) is 20.8. The highest BCUT2D eigenvalue weighted by atomic mass is 79.9. The number of carboxylic acids is 1. The van der Waals surface area contributed by atoms with E-state index in [0.717, 1.165) is 63.3 Å². The number of nitrogens with one attached hydrogen (secondary N) is 2. The molecule has 0 radical (unpaired) electrons. The van der Waals surface area contributed by atoms with Crippen molar-refractivity contribution >= 4 is 40.4 Å². The molecule has 0 aliphatic carbocycles. The average molecular weight is 934 g/mol. The van der Waals surface area contributed by atoms with Crippen molar-refractivity contribution in [2.24, 2.45) is 0 Å². The fourth-order valence-corrected chi connectivity index (χ4v) is 6.46. The van der Waals surface area contributed by atoms with E-state index in [1.807, 2.05) is 55.5 Å². The zero-order chi connectivity index (χ0) is 45.4. The SMILES string of the molecule is CCCc1oc(C(=O)O)nc1Cc1ccc(-c2ccccc2-c2nn[nH]n2)nc1.CCCc1oc(C(=O)OCC)nc1Cc1ccc(Br)nc1.OB(O)c1ccccc1-c1nn[nH]n1. The normalized spacial score (nSPS) is 10.7. The molecule has 2 aromatic carbocycles. The second-order valence-corrected chi connectivity index (χ2v) is 14.5. The standard InChI is InChI=1S/C20H18N6O3.C15H17BrN2O3.C7H7BN4O2/c1-2-5-17-16(22-19(29-17)20(27)28)10-12-8-9-15(21-11-12)13-6-3-4-7-14(13)18-23-25-26-24-18;1-3-5-12-11(8-10-6-7-13(16)17-9-10)18-14(21-12)15(19)20-4-2;13-8(14)6-4-2-1-3-5(6)7-9-11-12-10-7/h3-4,6-9,11H,2,5,10H2,1H3,(H,27,28)(H,23,24,25,26);6-7,9H,3-5,8H2,1-2H3;1-4,13-14H,(H,9,10,11,12). The summed E-state index contributed by atoms with van der Waals surface area (Å²) in [5, 5.41) is 54.7. The number of H-pyrrole nitrogens is 2. The number of hydrogen-bond acceptors (Lipinski definition) is 17. The number of benzene rings is 2. The van der Waals surface area contributed by atoms with Crippen molar-refractivity contribution in [1.29, 1.82) is 0 Å². The number of hydrogen-bond donors (Lipinski definition) is 5. The second-order valence-electron chi connectivity index (χ2n) is 13.7. The first-order valence-electron chi connectivity index (χ1n) is 20.0. The number of ether oxygens (including phenoxy) is 1. The number of rotatable bonds is 15. The van der Waals surface area contributed by atoms with Gasteiger partial charge in [0.25, 0.3) is 0 Å². The molecule has 0 unspecified atom stereocenters. The van der Waals surface area contributed by atoms with Crippen LogP contribution in [0.25, 0.3) is 34.0 Å². The maximum absolute atomic E-state index is 11.7. The summed E-state index contributed by atoms with van der Waals surface area (Å²) in [5.74, 6) is 0.255. The maximum atomic E-state index is 11.7. The molecular weight excluding hydrogens is 891 g/mol. The fraction of sp³-hybridized carbons (Fsp3) is 0.238. The van der Waals surface area contributed by atoms with E-state index in [9.17, 15) is 9.59 Å². The van der Waals surface area contributed by atoms with Gasteiger partial charge in [-0.2, -0.15) is 10.4 Å². The van der Waals surface area contributed by atoms with Crippen LogP contribution in [0.3, 0.4) is 0 Å². The van der Waals surface area contributed by atoms with Gasteiger partial charge in [0.1, 0.15) is 16.1 Å². The molecule has 0 saturated heterocycles. The van der Waals surface area contributed by atoms with Crippen LogP contribution in [0.4, 0.5) is 0 Å². The lowest BCUT2D eigenvalue weighted by molar-refractivity contribution is 0.0478. The molecule has 6 aromatic heterocycles. The van der Waals surface area contributed by atoms with Crippen LogP contribution < -0.4 is 5.46 Å². The molecule has 8 aromatic rings. The first kappa shape index (κ1) is 46.2. The third kappa shape index (κ3) is 12.2. The summed E-state index contributed by atoms with van der Waals surface area (Å²) >= 11 is 3.30. The Balaban J connectivity index is 0.000000170. The van der Waals surface area contributed by atoms with Crippen molar-refractivity contribution in [2.75, 3.05) is 6.61 Å². The Bertz CT molecular complexity index is 2710.